The second kappa shape index (κ2) is 6.22. The summed E-state index contributed by atoms with van der Waals surface area (Å²) in [5, 5.41) is 3.74. The normalized spacial score (nSPS) is 11.5. The molecule has 0 saturated carbocycles. The van der Waals surface area contributed by atoms with Gasteiger partial charge in [-0.3, -0.25) is 4.79 Å². The molecule has 0 saturated heterocycles. The van der Waals surface area contributed by atoms with Gasteiger partial charge in [0.25, 0.3) is 5.91 Å². The molecule has 118 valence electrons. The lowest BCUT2D eigenvalue weighted by Gasteiger charge is -2.24. The van der Waals surface area contributed by atoms with Gasteiger partial charge in [-0.05, 0) is 44.9 Å². The Hall–Kier alpha value is -2.30. The van der Waals surface area contributed by atoms with Gasteiger partial charge in [-0.25, -0.2) is 4.79 Å². The van der Waals surface area contributed by atoms with Crippen LogP contribution in [0.3, 0.4) is 0 Å². The van der Waals surface area contributed by atoms with Crippen molar-refractivity contribution >= 4 is 16.9 Å². The zero-order valence-corrected chi connectivity index (χ0v) is 13.4. The van der Waals surface area contributed by atoms with Gasteiger partial charge in [-0.2, -0.15) is 0 Å². The molecule has 1 heterocycles. The third-order valence-corrected chi connectivity index (χ3v) is 3.65. The molecule has 0 radical (unpaired) electrons. The zero-order chi connectivity index (χ0) is 16.3. The van der Waals surface area contributed by atoms with Crippen molar-refractivity contribution in [2.45, 2.75) is 39.7 Å². The lowest BCUT2D eigenvalue weighted by Crippen LogP contribution is -2.44. The van der Waals surface area contributed by atoms with Gasteiger partial charge in [0.05, 0.1) is 0 Å². The average Bonchev–Trinajstić information content (AvgIpc) is 2.44. The largest absolute Gasteiger partial charge is 0.484 e. The van der Waals surface area contributed by atoms with Crippen molar-refractivity contribution in [2.24, 2.45) is 0 Å². The van der Waals surface area contributed by atoms with Gasteiger partial charge in [0.15, 0.2) is 6.61 Å². The van der Waals surface area contributed by atoms with E-state index in [-0.39, 0.29) is 18.1 Å². The third-order valence-electron chi connectivity index (χ3n) is 3.65. The molecular weight excluding hydrogens is 282 g/mol. The number of ether oxygens (including phenoxy) is 1. The SMILES string of the molecule is CCC(C)(C)NC(=O)COc1ccc2c(C)cc(=O)oc2c1. The van der Waals surface area contributed by atoms with Crippen molar-refractivity contribution in [2.75, 3.05) is 6.61 Å². The van der Waals surface area contributed by atoms with Gasteiger partial charge in [0.1, 0.15) is 11.3 Å². The van der Waals surface area contributed by atoms with E-state index in [1.807, 2.05) is 33.8 Å². The van der Waals surface area contributed by atoms with E-state index >= 15 is 0 Å². The summed E-state index contributed by atoms with van der Waals surface area (Å²) >= 11 is 0. The Morgan fingerprint density at radius 2 is 2.05 bits per heavy atom. The van der Waals surface area contributed by atoms with Crippen molar-refractivity contribution in [1.82, 2.24) is 5.32 Å². The van der Waals surface area contributed by atoms with Crippen LogP contribution in [0.2, 0.25) is 0 Å². The topological polar surface area (TPSA) is 68.5 Å². The van der Waals surface area contributed by atoms with E-state index in [1.165, 1.54) is 6.07 Å². The van der Waals surface area contributed by atoms with Gasteiger partial charge in [-0.15, -0.1) is 0 Å². The minimum atomic E-state index is -0.399. The summed E-state index contributed by atoms with van der Waals surface area (Å²) in [4.78, 5) is 23.3. The number of rotatable bonds is 5. The summed E-state index contributed by atoms with van der Waals surface area (Å²) in [6.45, 7) is 7.69. The highest BCUT2D eigenvalue weighted by Crippen LogP contribution is 2.22. The van der Waals surface area contributed by atoms with Crippen molar-refractivity contribution in [3.63, 3.8) is 0 Å². The van der Waals surface area contributed by atoms with Crippen LogP contribution < -0.4 is 15.7 Å². The predicted molar refractivity (Wildman–Crippen MR) is 85.2 cm³/mol. The van der Waals surface area contributed by atoms with Gasteiger partial charge in [0, 0.05) is 23.1 Å². The molecule has 1 aromatic heterocycles. The average molecular weight is 303 g/mol. The molecule has 22 heavy (non-hydrogen) atoms. The first-order valence-corrected chi connectivity index (χ1v) is 7.29. The number of fused-ring (bicyclic) bond motifs is 1. The molecule has 1 N–H and O–H groups in total. The summed E-state index contributed by atoms with van der Waals surface area (Å²) in [6, 6.07) is 6.65. The second-order valence-corrected chi connectivity index (χ2v) is 5.98. The lowest BCUT2D eigenvalue weighted by atomic mass is 10.0. The Labute approximate surface area is 129 Å². The number of benzene rings is 1. The monoisotopic (exact) mass is 303 g/mol. The number of carbonyl (C=O) groups is 1. The molecule has 0 bridgehead atoms. The molecule has 0 atom stereocenters. The Bertz CT molecular complexity index is 746. The lowest BCUT2D eigenvalue weighted by molar-refractivity contribution is -0.124. The molecule has 5 heteroatoms. The minimum Gasteiger partial charge on any atom is -0.484 e. The van der Waals surface area contributed by atoms with E-state index in [9.17, 15) is 9.59 Å². The predicted octanol–water partition coefficient (Wildman–Crippen LogP) is 2.79. The first-order valence-electron chi connectivity index (χ1n) is 7.29. The summed E-state index contributed by atoms with van der Waals surface area (Å²) in [6.07, 6.45) is 0.832. The van der Waals surface area contributed by atoms with Crippen molar-refractivity contribution in [3.8, 4) is 5.75 Å². The van der Waals surface area contributed by atoms with E-state index in [0.717, 1.165) is 17.4 Å². The Morgan fingerprint density at radius 3 is 2.73 bits per heavy atom. The van der Waals surface area contributed by atoms with Crippen LogP contribution in [0.15, 0.2) is 33.5 Å². The van der Waals surface area contributed by atoms with E-state index in [4.69, 9.17) is 9.15 Å². The number of carbonyl (C=O) groups excluding carboxylic acids is 1. The second-order valence-electron chi connectivity index (χ2n) is 5.98. The minimum absolute atomic E-state index is 0.0784. The highest BCUT2D eigenvalue weighted by atomic mass is 16.5. The standard InChI is InChI=1S/C17H21NO4/c1-5-17(3,4)18-15(19)10-21-12-6-7-13-11(2)8-16(20)22-14(13)9-12/h6-9H,5,10H2,1-4H3,(H,18,19). The van der Waals surface area contributed by atoms with E-state index in [0.29, 0.717) is 11.3 Å². The summed E-state index contributed by atoms with van der Waals surface area (Å²) in [5.74, 6) is 0.309. The van der Waals surface area contributed by atoms with Crippen LogP contribution in [0.1, 0.15) is 32.8 Å². The van der Waals surface area contributed by atoms with E-state index in [2.05, 4.69) is 5.32 Å². The Morgan fingerprint density at radius 1 is 1.32 bits per heavy atom. The molecule has 1 aromatic carbocycles. The van der Waals surface area contributed by atoms with Crippen LogP contribution in [0.5, 0.6) is 5.75 Å². The van der Waals surface area contributed by atoms with Crippen molar-refractivity contribution < 1.29 is 13.9 Å². The molecule has 0 spiro atoms. The zero-order valence-electron chi connectivity index (χ0n) is 13.4. The van der Waals surface area contributed by atoms with Gasteiger partial charge >= 0.3 is 5.63 Å². The fourth-order valence-corrected chi connectivity index (χ4v) is 2.05. The maximum Gasteiger partial charge on any atom is 0.336 e. The number of hydrogen-bond acceptors (Lipinski definition) is 4. The fourth-order valence-electron chi connectivity index (χ4n) is 2.05. The quantitative estimate of drug-likeness (QED) is 0.862. The number of aryl methyl sites for hydroxylation is 1. The number of nitrogens with one attached hydrogen (secondary N) is 1. The highest BCUT2D eigenvalue weighted by Gasteiger charge is 2.18. The molecule has 0 aliphatic carbocycles. The summed E-state index contributed by atoms with van der Waals surface area (Å²) in [7, 11) is 0. The summed E-state index contributed by atoms with van der Waals surface area (Å²) < 4.78 is 10.6. The molecule has 0 aliphatic rings. The number of amides is 1. The number of hydrogen-bond donors (Lipinski definition) is 1. The van der Waals surface area contributed by atoms with Crippen LogP contribution in [0.4, 0.5) is 0 Å². The molecule has 5 nitrogen and oxygen atoms in total. The van der Waals surface area contributed by atoms with Crippen LogP contribution in [0.25, 0.3) is 11.0 Å². The maximum absolute atomic E-state index is 11.9. The molecule has 2 aromatic rings. The summed E-state index contributed by atoms with van der Waals surface area (Å²) in [5.41, 5.74) is 0.648. The van der Waals surface area contributed by atoms with Crippen LogP contribution in [-0.2, 0) is 4.79 Å². The molecule has 0 fully saturated rings. The van der Waals surface area contributed by atoms with Gasteiger partial charge in [0.2, 0.25) is 0 Å². The highest BCUT2D eigenvalue weighted by molar-refractivity contribution is 5.82. The molecule has 1 amide bonds. The first kappa shape index (κ1) is 16.1. The Kier molecular flexibility index (Phi) is 4.54. The molecule has 2 rings (SSSR count). The van der Waals surface area contributed by atoms with Crippen molar-refractivity contribution in [3.05, 3.63) is 40.2 Å². The van der Waals surface area contributed by atoms with Gasteiger partial charge < -0.3 is 14.5 Å². The first-order chi connectivity index (χ1) is 10.3. The molecular formula is C17H21NO4. The Balaban J connectivity index is 2.09. The van der Waals surface area contributed by atoms with E-state index in [1.54, 1.807) is 12.1 Å². The van der Waals surface area contributed by atoms with Crippen molar-refractivity contribution in [1.29, 1.82) is 0 Å². The van der Waals surface area contributed by atoms with E-state index < -0.39 is 5.63 Å². The maximum atomic E-state index is 11.9. The fraction of sp³-hybridized carbons (Fsp3) is 0.412. The molecule has 0 aliphatic heterocycles. The van der Waals surface area contributed by atoms with Crippen LogP contribution in [0, 0.1) is 6.92 Å². The smallest absolute Gasteiger partial charge is 0.336 e. The third kappa shape index (κ3) is 3.87. The van der Waals surface area contributed by atoms with Gasteiger partial charge in [-0.1, -0.05) is 6.92 Å². The van der Waals surface area contributed by atoms with Crippen LogP contribution in [-0.4, -0.2) is 18.1 Å². The molecule has 0 unspecified atom stereocenters. The van der Waals surface area contributed by atoms with Crippen LogP contribution >= 0.6 is 0 Å².